The fraction of sp³-hybridized carbons (Fsp3) is 0.647. The van der Waals surface area contributed by atoms with Crippen molar-refractivity contribution >= 4 is 0 Å². The summed E-state index contributed by atoms with van der Waals surface area (Å²) in [6, 6.07) is 6.94. The molecule has 0 aromatic heterocycles. The van der Waals surface area contributed by atoms with E-state index in [1.54, 1.807) is 0 Å². The Morgan fingerprint density at radius 1 is 1.21 bits per heavy atom. The summed E-state index contributed by atoms with van der Waals surface area (Å²) in [5.41, 5.74) is 2.79. The van der Waals surface area contributed by atoms with Gasteiger partial charge in [0.2, 0.25) is 0 Å². The molecule has 2 rings (SSSR count). The Kier molecular flexibility index (Phi) is 4.19. The maximum Gasteiger partial charge on any atom is 0.128 e. The molecule has 0 radical (unpaired) electrons. The Hall–Kier alpha value is -1.02. The molecule has 1 heterocycles. The van der Waals surface area contributed by atoms with Gasteiger partial charge in [0.1, 0.15) is 11.9 Å². The van der Waals surface area contributed by atoms with Gasteiger partial charge < -0.3 is 10.1 Å². The first-order chi connectivity index (χ1) is 8.99. The van der Waals surface area contributed by atoms with E-state index in [4.69, 9.17) is 4.74 Å². The number of fused-ring (bicyclic) bond motifs is 1. The predicted molar refractivity (Wildman–Crippen MR) is 80.9 cm³/mol. The van der Waals surface area contributed by atoms with Crippen LogP contribution in [0.2, 0.25) is 0 Å². The average Bonchev–Trinajstić information content (AvgIpc) is 2.67. The molecule has 19 heavy (non-hydrogen) atoms. The van der Waals surface area contributed by atoms with Gasteiger partial charge in [0, 0.05) is 5.56 Å². The fourth-order valence-corrected chi connectivity index (χ4v) is 2.91. The molecule has 2 heteroatoms. The normalized spacial score (nSPS) is 22.2. The summed E-state index contributed by atoms with van der Waals surface area (Å²) in [7, 11) is 0. The van der Waals surface area contributed by atoms with Gasteiger partial charge in [0.15, 0.2) is 0 Å². The van der Waals surface area contributed by atoms with Crippen LogP contribution in [0.15, 0.2) is 18.2 Å². The highest BCUT2D eigenvalue weighted by Gasteiger charge is 2.36. The van der Waals surface area contributed by atoms with E-state index in [9.17, 15) is 0 Å². The number of hydrogen-bond acceptors (Lipinski definition) is 2. The van der Waals surface area contributed by atoms with Gasteiger partial charge in [0.25, 0.3) is 0 Å². The fourth-order valence-electron chi connectivity index (χ4n) is 2.91. The van der Waals surface area contributed by atoms with E-state index >= 15 is 0 Å². The van der Waals surface area contributed by atoms with Gasteiger partial charge in [-0.25, -0.2) is 0 Å². The monoisotopic (exact) mass is 261 g/mol. The van der Waals surface area contributed by atoms with Gasteiger partial charge in [-0.3, -0.25) is 0 Å². The number of para-hydroxylation sites is 1. The maximum atomic E-state index is 6.31. The zero-order chi connectivity index (χ0) is 14.0. The molecular formula is C17H27NO. The Bertz CT molecular complexity index is 433. The molecule has 1 aliphatic heterocycles. The van der Waals surface area contributed by atoms with E-state index in [2.05, 4.69) is 58.1 Å². The molecule has 0 fully saturated rings. The molecule has 0 aliphatic carbocycles. The lowest BCUT2D eigenvalue weighted by Gasteiger charge is -2.22. The van der Waals surface area contributed by atoms with Crippen molar-refractivity contribution < 1.29 is 4.74 Å². The molecule has 1 aromatic rings. The van der Waals surface area contributed by atoms with E-state index in [0.717, 1.165) is 25.1 Å². The quantitative estimate of drug-likeness (QED) is 0.877. The van der Waals surface area contributed by atoms with Crippen molar-refractivity contribution in [1.82, 2.24) is 5.32 Å². The van der Waals surface area contributed by atoms with E-state index in [0.29, 0.717) is 6.04 Å². The largest absolute Gasteiger partial charge is 0.488 e. The van der Waals surface area contributed by atoms with Crippen LogP contribution in [0.5, 0.6) is 5.75 Å². The standard InChI is InChI=1S/C17H27NO/c1-6-9-14-15(18-7-2)12-10-8-11-13(16(12)19-14)17(3,4)5/h8,10-11,14-15,18H,6-7,9H2,1-5H3. The molecule has 2 atom stereocenters. The highest BCUT2D eigenvalue weighted by Crippen LogP contribution is 2.44. The van der Waals surface area contributed by atoms with E-state index in [-0.39, 0.29) is 11.5 Å². The van der Waals surface area contributed by atoms with Crippen molar-refractivity contribution in [2.24, 2.45) is 0 Å². The number of hydrogen-bond donors (Lipinski definition) is 1. The van der Waals surface area contributed by atoms with Gasteiger partial charge in [-0.1, -0.05) is 59.2 Å². The Balaban J connectivity index is 2.41. The van der Waals surface area contributed by atoms with Gasteiger partial charge in [0.05, 0.1) is 6.04 Å². The van der Waals surface area contributed by atoms with Gasteiger partial charge in [-0.2, -0.15) is 0 Å². The lowest BCUT2D eigenvalue weighted by atomic mass is 9.84. The summed E-state index contributed by atoms with van der Waals surface area (Å²) < 4.78 is 6.31. The van der Waals surface area contributed by atoms with Crippen LogP contribution in [0.25, 0.3) is 0 Å². The predicted octanol–water partition coefficient (Wildman–Crippen LogP) is 4.20. The third kappa shape index (κ3) is 2.79. The van der Waals surface area contributed by atoms with Crippen molar-refractivity contribution in [3.8, 4) is 5.75 Å². The van der Waals surface area contributed by atoms with Gasteiger partial charge >= 0.3 is 0 Å². The number of ether oxygens (including phenoxy) is 1. The molecule has 1 N–H and O–H groups in total. The van der Waals surface area contributed by atoms with Crippen molar-refractivity contribution in [3.05, 3.63) is 29.3 Å². The van der Waals surface area contributed by atoms with Crippen LogP contribution in [0, 0.1) is 0 Å². The number of benzene rings is 1. The number of rotatable bonds is 4. The number of likely N-dealkylation sites (N-methyl/N-ethyl adjacent to an activating group) is 1. The lowest BCUT2D eigenvalue weighted by Crippen LogP contribution is -2.30. The summed E-state index contributed by atoms with van der Waals surface area (Å²) in [6.45, 7) is 12.1. The third-order valence-corrected chi connectivity index (χ3v) is 3.83. The first-order valence-corrected chi connectivity index (χ1v) is 7.52. The van der Waals surface area contributed by atoms with Crippen molar-refractivity contribution in [2.75, 3.05) is 6.54 Å². The van der Waals surface area contributed by atoms with E-state index < -0.39 is 0 Å². The zero-order valence-corrected chi connectivity index (χ0v) is 12.9. The minimum Gasteiger partial charge on any atom is -0.488 e. The molecule has 0 bridgehead atoms. The Morgan fingerprint density at radius 2 is 1.95 bits per heavy atom. The van der Waals surface area contributed by atoms with Crippen molar-refractivity contribution in [2.45, 2.75) is 65.0 Å². The highest BCUT2D eigenvalue weighted by molar-refractivity contribution is 5.49. The molecular weight excluding hydrogens is 234 g/mol. The highest BCUT2D eigenvalue weighted by atomic mass is 16.5. The zero-order valence-electron chi connectivity index (χ0n) is 12.9. The summed E-state index contributed by atoms with van der Waals surface area (Å²) in [4.78, 5) is 0. The van der Waals surface area contributed by atoms with Crippen LogP contribution in [0.4, 0.5) is 0 Å². The SMILES string of the molecule is CCCC1Oc2c(cccc2C(C)(C)C)C1NCC. The molecule has 0 spiro atoms. The van der Waals surface area contributed by atoms with Gasteiger partial charge in [-0.05, 0) is 23.9 Å². The second kappa shape index (κ2) is 5.54. The summed E-state index contributed by atoms with van der Waals surface area (Å²) in [5.74, 6) is 1.12. The summed E-state index contributed by atoms with van der Waals surface area (Å²) in [5, 5.41) is 3.59. The van der Waals surface area contributed by atoms with Crippen LogP contribution >= 0.6 is 0 Å². The van der Waals surface area contributed by atoms with Crippen LogP contribution < -0.4 is 10.1 Å². The molecule has 0 saturated carbocycles. The van der Waals surface area contributed by atoms with Crippen molar-refractivity contribution in [3.63, 3.8) is 0 Å². The molecule has 1 aliphatic rings. The first-order valence-electron chi connectivity index (χ1n) is 7.52. The summed E-state index contributed by atoms with van der Waals surface area (Å²) in [6.07, 6.45) is 2.55. The minimum absolute atomic E-state index is 0.128. The Morgan fingerprint density at radius 3 is 2.53 bits per heavy atom. The average molecular weight is 261 g/mol. The van der Waals surface area contributed by atoms with Gasteiger partial charge in [-0.15, -0.1) is 0 Å². The molecule has 0 amide bonds. The van der Waals surface area contributed by atoms with Crippen LogP contribution in [-0.2, 0) is 5.41 Å². The molecule has 2 unspecified atom stereocenters. The summed E-state index contributed by atoms with van der Waals surface area (Å²) >= 11 is 0. The first kappa shape index (κ1) is 14.4. The molecule has 1 aromatic carbocycles. The second-order valence-electron chi connectivity index (χ2n) is 6.45. The lowest BCUT2D eigenvalue weighted by molar-refractivity contribution is 0.176. The van der Waals surface area contributed by atoms with Crippen LogP contribution in [-0.4, -0.2) is 12.6 Å². The van der Waals surface area contributed by atoms with E-state index in [1.807, 2.05) is 0 Å². The van der Waals surface area contributed by atoms with Crippen molar-refractivity contribution in [1.29, 1.82) is 0 Å². The molecule has 2 nitrogen and oxygen atoms in total. The van der Waals surface area contributed by atoms with Crippen LogP contribution in [0.3, 0.4) is 0 Å². The number of nitrogens with one attached hydrogen (secondary N) is 1. The van der Waals surface area contributed by atoms with Crippen LogP contribution in [0.1, 0.15) is 64.6 Å². The third-order valence-electron chi connectivity index (χ3n) is 3.83. The van der Waals surface area contributed by atoms with E-state index in [1.165, 1.54) is 11.1 Å². The second-order valence-corrected chi connectivity index (χ2v) is 6.45. The smallest absolute Gasteiger partial charge is 0.128 e. The molecule has 0 saturated heterocycles. The molecule has 106 valence electrons. The minimum atomic E-state index is 0.128. The Labute approximate surface area is 117 Å². The maximum absolute atomic E-state index is 6.31. The topological polar surface area (TPSA) is 21.3 Å².